The lowest BCUT2D eigenvalue weighted by Crippen LogP contribution is -2.08. The molecule has 0 aliphatic rings. The smallest absolute Gasteiger partial charge is 0.307 e. The van der Waals surface area contributed by atoms with Crippen LogP contribution in [0.1, 0.15) is 32.8 Å². The summed E-state index contributed by atoms with van der Waals surface area (Å²) in [4.78, 5) is 16.3. The molecule has 0 fully saturated rings. The van der Waals surface area contributed by atoms with Crippen LogP contribution in [0, 0.1) is 11.3 Å². The number of hydrogen-bond acceptors (Lipinski definition) is 7. The van der Waals surface area contributed by atoms with Gasteiger partial charge in [-0.25, -0.2) is 0 Å². The summed E-state index contributed by atoms with van der Waals surface area (Å²) in [6.45, 7) is 6.50. The number of benzene rings is 2. The van der Waals surface area contributed by atoms with E-state index in [1.165, 1.54) is 0 Å². The van der Waals surface area contributed by atoms with Crippen LogP contribution in [-0.4, -0.2) is 33.4 Å². The summed E-state index contributed by atoms with van der Waals surface area (Å²) < 4.78 is 18.2. The highest BCUT2D eigenvalue weighted by Gasteiger charge is 2.16. The molecule has 0 aliphatic heterocycles. The highest BCUT2D eigenvalue weighted by atomic mass is 16.5. The first-order valence-corrected chi connectivity index (χ1v) is 10.8. The average molecular weight is 444 g/mol. The molecule has 33 heavy (non-hydrogen) atoms. The quantitative estimate of drug-likeness (QED) is 0.353. The molecule has 0 saturated heterocycles. The molecule has 0 N–H and O–H groups in total. The van der Waals surface area contributed by atoms with E-state index in [4.69, 9.17) is 14.0 Å². The van der Waals surface area contributed by atoms with Crippen LogP contribution >= 0.6 is 0 Å². The van der Waals surface area contributed by atoms with Gasteiger partial charge in [0.05, 0.1) is 24.7 Å². The third-order valence-corrected chi connectivity index (χ3v) is 5.05. The molecule has 2 heterocycles. The van der Waals surface area contributed by atoms with Crippen LogP contribution in [-0.2, 0) is 16.1 Å². The van der Waals surface area contributed by atoms with Crippen molar-refractivity contribution in [2.75, 3.05) is 6.61 Å². The van der Waals surface area contributed by atoms with Gasteiger partial charge in [0.15, 0.2) is 0 Å². The number of nitriles is 1. The lowest BCUT2D eigenvalue weighted by Gasteiger charge is -2.11. The number of ether oxygens (including phenoxy) is 2. The highest BCUT2D eigenvalue weighted by molar-refractivity contribution is 5.94. The molecule has 0 unspecified atom stereocenters. The number of hydrogen-bond donors (Lipinski definition) is 0. The van der Waals surface area contributed by atoms with Gasteiger partial charge in [-0.1, -0.05) is 17.3 Å². The van der Waals surface area contributed by atoms with Gasteiger partial charge in [-0.2, -0.15) is 10.2 Å². The maximum absolute atomic E-state index is 11.7. The van der Waals surface area contributed by atoms with Gasteiger partial charge in [-0.15, -0.1) is 0 Å². The largest absolute Gasteiger partial charge is 0.490 e. The van der Waals surface area contributed by atoms with Crippen LogP contribution in [0.5, 0.6) is 5.75 Å². The van der Waals surface area contributed by atoms with Crippen LogP contribution in [0.25, 0.3) is 33.7 Å². The normalized spacial score (nSPS) is 11.0. The highest BCUT2D eigenvalue weighted by Crippen LogP contribution is 2.31. The van der Waals surface area contributed by atoms with Crippen molar-refractivity contribution in [2.45, 2.75) is 39.8 Å². The second-order valence-corrected chi connectivity index (χ2v) is 7.72. The molecule has 168 valence electrons. The van der Waals surface area contributed by atoms with Gasteiger partial charge in [0.25, 0.3) is 5.89 Å². The molecule has 0 amide bonds. The van der Waals surface area contributed by atoms with E-state index in [-0.39, 0.29) is 12.1 Å². The Balaban J connectivity index is 1.62. The fraction of sp³-hybridized carbons (Fsp3) is 0.280. The fourth-order valence-corrected chi connectivity index (χ4v) is 3.62. The minimum Gasteiger partial charge on any atom is -0.490 e. The number of nitrogens with zero attached hydrogens (tertiary/aromatic N) is 4. The lowest BCUT2D eigenvalue weighted by molar-refractivity contribution is -0.143. The summed E-state index contributed by atoms with van der Waals surface area (Å²) in [6, 6.07) is 15.2. The number of esters is 1. The average Bonchev–Trinajstić information content (AvgIpc) is 3.45. The summed E-state index contributed by atoms with van der Waals surface area (Å²) in [5.74, 6) is 1.06. The Morgan fingerprint density at radius 3 is 2.85 bits per heavy atom. The minimum atomic E-state index is -0.222. The summed E-state index contributed by atoms with van der Waals surface area (Å²) in [5, 5.41) is 14.6. The number of fused-ring (bicyclic) bond motifs is 1. The lowest BCUT2D eigenvalue weighted by atomic mass is 10.1. The molecule has 0 spiro atoms. The van der Waals surface area contributed by atoms with Crippen LogP contribution in [0.3, 0.4) is 0 Å². The van der Waals surface area contributed by atoms with Crippen molar-refractivity contribution in [2.24, 2.45) is 0 Å². The number of carbonyl (C=O) groups is 1. The molecular weight excluding hydrogens is 420 g/mol. The maximum atomic E-state index is 11.7. The van der Waals surface area contributed by atoms with E-state index in [9.17, 15) is 10.1 Å². The van der Waals surface area contributed by atoms with Crippen molar-refractivity contribution in [3.05, 3.63) is 54.2 Å². The molecule has 0 aliphatic carbocycles. The van der Waals surface area contributed by atoms with Crippen molar-refractivity contribution in [3.8, 4) is 34.7 Å². The monoisotopic (exact) mass is 444 g/mol. The Morgan fingerprint density at radius 2 is 2.09 bits per heavy atom. The predicted molar refractivity (Wildman–Crippen MR) is 122 cm³/mol. The number of carbonyl (C=O) groups excluding carboxylic acids is 1. The Labute approximate surface area is 191 Å². The number of aromatic nitrogens is 3. The summed E-state index contributed by atoms with van der Waals surface area (Å²) in [5.41, 5.74) is 2.82. The number of aryl methyl sites for hydroxylation is 1. The van der Waals surface area contributed by atoms with Crippen molar-refractivity contribution in [3.63, 3.8) is 0 Å². The molecule has 2 aromatic heterocycles. The molecule has 4 aromatic rings. The topological polar surface area (TPSA) is 103 Å². The van der Waals surface area contributed by atoms with Gasteiger partial charge in [0, 0.05) is 34.8 Å². The summed E-state index contributed by atoms with van der Waals surface area (Å²) in [7, 11) is 0. The standard InChI is InChI=1S/C25H24N4O4/c1-4-31-23(30)11-13-29-12-10-19-20(6-5-7-21(19)29)24-27-25(33-28-24)17-8-9-22(32-16(2)3)18(14-17)15-26/h5-10,12,14,16H,4,11,13H2,1-3H3. The number of rotatable bonds is 8. The van der Waals surface area contributed by atoms with Gasteiger partial charge in [-0.3, -0.25) is 4.79 Å². The SMILES string of the molecule is CCOC(=O)CCn1ccc2c(-c3noc(-c4ccc(OC(C)C)c(C#N)c4)n3)cccc21. The van der Waals surface area contributed by atoms with Gasteiger partial charge in [-0.05, 0) is 51.1 Å². The van der Waals surface area contributed by atoms with Crippen molar-refractivity contribution >= 4 is 16.9 Å². The van der Waals surface area contributed by atoms with Crippen LogP contribution in [0.15, 0.2) is 53.2 Å². The Hall–Kier alpha value is -4.12. The summed E-state index contributed by atoms with van der Waals surface area (Å²) in [6.07, 6.45) is 2.19. The summed E-state index contributed by atoms with van der Waals surface area (Å²) >= 11 is 0. The Kier molecular flexibility index (Phi) is 6.41. The first-order chi connectivity index (χ1) is 16.0. The van der Waals surface area contributed by atoms with Gasteiger partial charge < -0.3 is 18.6 Å². The second kappa shape index (κ2) is 9.57. The Morgan fingerprint density at radius 1 is 1.24 bits per heavy atom. The molecule has 0 saturated carbocycles. The zero-order valence-electron chi connectivity index (χ0n) is 18.7. The van der Waals surface area contributed by atoms with E-state index in [0.717, 1.165) is 16.5 Å². The Bertz CT molecular complexity index is 1330. The zero-order valence-corrected chi connectivity index (χ0v) is 18.7. The second-order valence-electron chi connectivity index (χ2n) is 7.72. The molecule has 8 heteroatoms. The van der Waals surface area contributed by atoms with E-state index in [2.05, 4.69) is 16.2 Å². The van der Waals surface area contributed by atoms with E-state index in [0.29, 0.717) is 48.2 Å². The molecule has 0 bridgehead atoms. The van der Waals surface area contributed by atoms with Gasteiger partial charge >= 0.3 is 5.97 Å². The van der Waals surface area contributed by atoms with Gasteiger partial charge in [0.1, 0.15) is 11.8 Å². The molecule has 0 radical (unpaired) electrons. The minimum absolute atomic E-state index is 0.0388. The van der Waals surface area contributed by atoms with Crippen molar-refractivity contribution in [1.82, 2.24) is 14.7 Å². The zero-order chi connectivity index (χ0) is 23.4. The van der Waals surface area contributed by atoms with E-state index < -0.39 is 0 Å². The first-order valence-electron chi connectivity index (χ1n) is 10.8. The third-order valence-electron chi connectivity index (χ3n) is 5.05. The fourth-order valence-electron chi connectivity index (χ4n) is 3.62. The predicted octanol–water partition coefficient (Wildman–Crippen LogP) is 4.97. The van der Waals surface area contributed by atoms with Crippen LogP contribution in [0.4, 0.5) is 0 Å². The van der Waals surface area contributed by atoms with Crippen molar-refractivity contribution in [1.29, 1.82) is 5.26 Å². The maximum Gasteiger partial charge on any atom is 0.307 e. The molecule has 8 nitrogen and oxygen atoms in total. The van der Waals surface area contributed by atoms with E-state index in [1.807, 2.05) is 48.9 Å². The third kappa shape index (κ3) is 4.72. The molecular formula is C25H24N4O4. The van der Waals surface area contributed by atoms with E-state index >= 15 is 0 Å². The van der Waals surface area contributed by atoms with E-state index in [1.54, 1.807) is 25.1 Å². The first kappa shape index (κ1) is 22.1. The molecule has 4 rings (SSSR count). The molecule has 2 aromatic carbocycles. The van der Waals surface area contributed by atoms with Crippen molar-refractivity contribution < 1.29 is 18.8 Å². The van der Waals surface area contributed by atoms with Gasteiger partial charge in [0.2, 0.25) is 5.82 Å². The van der Waals surface area contributed by atoms with Crippen LogP contribution in [0.2, 0.25) is 0 Å². The molecule has 0 atom stereocenters. The van der Waals surface area contributed by atoms with Crippen LogP contribution < -0.4 is 4.74 Å².